The SMILES string of the molecule is CNCc1ccsc1S(=N)(N)=O. The molecule has 1 rings (SSSR count). The second kappa shape index (κ2) is 3.53. The molecule has 0 spiro atoms. The van der Waals surface area contributed by atoms with Crippen LogP contribution < -0.4 is 10.5 Å². The summed E-state index contributed by atoms with van der Waals surface area (Å²) in [5.41, 5.74) is 0.852. The summed E-state index contributed by atoms with van der Waals surface area (Å²) in [6, 6.07) is 1.83. The summed E-state index contributed by atoms with van der Waals surface area (Å²) in [4.78, 5) is 0. The molecule has 0 aliphatic rings. The highest BCUT2D eigenvalue weighted by Gasteiger charge is 2.10. The molecule has 0 saturated carbocycles. The summed E-state index contributed by atoms with van der Waals surface area (Å²) in [6.45, 7) is 0.603. The summed E-state index contributed by atoms with van der Waals surface area (Å²) in [6.07, 6.45) is 0. The molecule has 0 saturated heterocycles. The summed E-state index contributed by atoms with van der Waals surface area (Å²) >= 11 is 1.27. The van der Waals surface area contributed by atoms with Crippen LogP contribution in [0.15, 0.2) is 15.7 Å². The molecule has 1 aromatic rings. The molecule has 1 unspecified atom stereocenters. The maximum Gasteiger partial charge on any atom is 0.142 e. The maximum absolute atomic E-state index is 11.2. The second-order valence-corrected chi connectivity index (χ2v) is 5.15. The Morgan fingerprint density at radius 2 is 2.50 bits per heavy atom. The molecule has 0 amide bonds. The lowest BCUT2D eigenvalue weighted by molar-refractivity contribution is 0.676. The Balaban J connectivity index is 3.08. The topological polar surface area (TPSA) is 79.0 Å². The molecule has 0 radical (unpaired) electrons. The molecule has 0 fully saturated rings. The van der Waals surface area contributed by atoms with Crippen molar-refractivity contribution in [2.45, 2.75) is 10.8 Å². The van der Waals surface area contributed by atoms with Gasteiger partial charge in [-0.1, -0.05) is 0 Å². The molecule has 1 aromatic heterocycles. The number of rotatable bonds is 3. The van der Waals surface area contributed by atoms with E-state index in [9.17, 15) is 4.21 Å². The molecule has 4 N–H and O–H groups in total. The Bertz CT molecular complexity index is 355. The van der Waals surface area contributed by atoms with E-state index in [1.807, 2.05) is 6.07 Å². The number of hydrogen-bond donors (Lipinski definition) is 3. The van der Waals surface area contributed by atoms with E-state index < -0.39 is 9.92 Å². The molecule has 4 nitrogen and oxygen atoms in total. The van der Waals surface area contributed by atoms with Crippen LogP contribution in [0.5, 0.6) is 0 Å². The molecule has 1 heterocycles. The first-order valence-electron chi connectivity index (χ1n) is 3.33. The molecule has 0 aromatic carbocycles. The zero-order valence-electron chi connectivity index (χ0n) is 6.66. The van der Waals surface area contributed by atoms with E-state index in [4.69, 9.17) is 9.92 Å². The van der Waals surface area contributed by atoms with Crippen molar-refractivity contribution in [1.82, 2.24) is 5.32 Å². The van der Waals surface area contributed by atoms with Gasteiger partial charge in [0.1, 0.15) is 14.1 Å². The minimum absolute atomic E-state index is 0.469. The van der Waals surface area contributed by atoms with Gasteiger partial charge >= 0.3 is 0 Å². The van der Waals surface area contributed by atoms with Crippen molar-refractivity contribution >= 4 is 21.3 Å². The van der Waals surface area contributed by atoms with Gasteiger partial charge in [-0.15, -0.1) is 11.3 Å². The Kier molecular flexibility index (Phi) is 2.84. The fraction of sp³-hybridized carbons (Fsp3) is 0.333. The van der Waals surface area contributed by atoms with Crippen LogP contribution in [-0.4, -0.2) is 11.3 Å². The van der Waals surface area contributed by atoms with Crippen LogP contribution in [0, 0.1) is 4.78 Å². The van der Waals surface area contributed by atoms with Gasteiger partial charge in [-0.3, -0.25) is 0 Å². The van der Waals surface area contributed by atoms with Gasteiger partial charge in [0.05, 0.1) is 0 Å². The van der Waals surface area contributed by atoms with Gasteiger partial charge in [0, 0.05) is 6.54 Å². The van der Waals surface area contributed by atoms with Gasteiger partial charge in [0.2, 0.25) is 0 Å². The minimum atomic E-state index is -3.03. The van der Waals surface area contributed by atoms with Crippen molar-refractivity contribution < 1.29 is 4.21 Å². The number of nitrogens with two attached hydrogens (primary N) is 1. The van der Waals surface area contributed by atoms with E-state index in [0.29, 0.717) is 10.8 Å². The van der Waals surface area contributed by atoms with Crippen LogP contribution in [0.4, 0.5) is 0 Å². The summed E-state index contributed by atoms with van der Waals surface area (Å²) < 4.78 is 18.8. The molecule has 0 aliphatic heterocycles. The third kappa shape index (κ3) is 2.04. The molecule has 68 valence electrons. The lowest BCUT2D eigenvalue weighted by Gasteiger charge is -2.01. The molecular weight excluding hydrogens is 194 g/mol. The maximum atomic E-state index is 11.2. The van der Waals surface area contributed by atoms with Crippen LogP contribution in [0.1, 0.15) is 5.56 Å². The fourth-order valence-corrected chi connectivity index (χ4v) is 2.83. The van der Waals surface area contributed by atoms with E-state index in [-0.39, 0.29) is 0 Å². The van der Waals surface area contributed by atoms with Crippen LogP contribution >= 0.6 is 11.3 Å². The van der Waals surface area contributed by atoms with Crippen LogP contribution in [-0.2, 0) is 16.5 Å². The predicted octanol–water partition coefficient (Wildman–Crippen LogP) is 0.747. The van der Waals surface area contributed by atoms with Crippen LogP contribution in [0.3, 0.4) is 0 Å². The first-order chi connectivity index (χ1) is 5.55. The van der Waals surface area contributed by atoms with Crippen molar-refractivity contribution in [2.75, 3.05) is 7.05 Å². The smallest absolute Gasteiger partial charge is 0.142 e. The number of hydrogen-bond acceptors (Lipinski definition) is 4. The normalized spacial score (nSPS) is 15.8. The fourth-order valence-electron chi connectivity index (χ4n) is 0.909. The van der Waals surface area contributed by atoms with Gasteiger partial charge in [0.25, 0.3) is 0 Å². The Hall–Kier alpha value is -0.430. The third-order valence-corrected chi connectivity index (χ3v) is 3.94. The van der Waals surface area contributed by atoms with Crippen molar-refractivity contribution in [1.29, 1.82) is 4.78 Å². The van der Waals surface area contributed by atoms with E-state index in [2.05, 4.69) is 5.32 Å². The minimum Gasteiger partial charge on any atom is -0.316 e. The lowest BCUT2D eigenvalue weighted by Crippen LogP contribution is -2.13. The van der Waals surface area contributed by atoms with E-state index in [1.165, 1.54) is 11.3 Å². The molecule has 1 atom stereocenters. The van der Waals surface area contributed by atoms with Gasteiger partial charge in [0.15, 0.2) is 0 Å². The monoisotopic (exact) mass is 205 g/mol. The standard InChI is InChI=1S/C6H11N3OS2/c1-9-4-5-2-3-11-6(5)12(7,8)10/h2-3,9H,4H2,1H3,(H3,7,8,10). The average molecular weight is 205 g/mol. The number of thiophene rings is 1. The molecule has 0 bridgehead atoms. The Labute approximate surface area is 75.9 Å². The van der Waals surface area contributed by atoms with Crippen molar-refractivity contribution in [3.8, 4) is 0 Å². The summed E-state index contributed by atoms with van der Waals surface area (Å²) in [7, 11) is -1.24. The van der Waals surface area contributed by atoms with Gasteiger partial charge in [-0.2, -0.15) is 0 Å². The van der Waals surface area contributed by atoms with Crippen molar-refractivity contribution in [3.05, 3.63) is 17.0 Å². The zero-order chi connectivity index (χ0) is 9.19. The Morgan fingerprint density at radius 1 is 1.83 bits per heavy atom. The summed E-state index contributed by atoms with van der Waals surface area (Å²) in [5, 5.41) is 9.93. The summed E-state index contributed by atoms with van der Waals surface area (Å²) in [5.74, 6) is 0. The highest BCUT2D eigenvalue weighted by molar-refractivity contribution is 7.92. The van der Waals surface area contributed by atoms with Crippen LogP contribution in [0.2, 0.25) is 0 Å². The average Bonchev–Trinajstić information content (AvgIpc) is 2.34. The molecule has 6 heteroatoms. The van der Waals surface area contributed by atoms with Crippen molar-refractivity contribution in [3.63, 3.8) is 0 Å². The predicted molar refractivity (Wildman–Crippen MR) is 50.4 cm³/mol. The molecule has 0 aliphatic carbocycles. The van der Waals surface area contributed by atoms with Gasteiger partial charge in [-0.05, 0) is 24.1 Å². The zero-order valence-corrected chi connectivity index (χ0v) is 8.30. The van der Waals surface area contributed by atoms with E-state index >= 15 is 0 Å². The highest BCUT2D eigenvalue weighted by Crippen LogP contribution is 2.21. The van der Waals surface area contributed by atoms with Gasteiger partial charge in [-0.25, -0.2) is 14.1 Å². The second-order valence-electron chi connectivity index (χ2n) is 2.36. The first kappa shape index (κ1) is 9.66. The highest BCUT2D eigenvalue weighted by atomic mass is 32.2. The molecular formula is C6H11N3OS2. The molecule has 12 heavy (non-hydrogen) atoms. The number of nitrogens with one attached hydrogen (secondary N) is 2. The quantitative estimate of drug-likeness (QED) is 0.680. The Morgan fingerprint density at radius 3 is 3.00 bits per heavy atom. The largest absolute Gasteiger partial charge is 0.316 e. The van der Waals surface area contributed by atoms with Crippen molar-refractivity contribution in [2.24, 2.45) is 5.14 Å². The van der Waals surface area contributed by atoms with E-state index in [0.717, 1.165) is 5.56 Å². The van der Waals surface area contributed by atoms with Crippen LogP contribution in [0.25, 0.3) is 0 Å². The lowest BCUT2D eigenvalue weighted by atomic mass is 10.3. The first-order valence-corrected chi connectivity index (χ1v) is 5.83. The van der Waals surface area contributed by atoms with Gasteiger partial charge < -0.3 is 5.32 Å². The van der Waals surface area contributed by atoms with E-state index in [1.54, 1.807) is 12.4 Å². The third-order valence-electron chi connectivity index (χ3n) is 1.35.